The molecular formula is C19H12N2O5. The molecule has 0 aliphatic carbocycles. The highest BCUT2D eigenvalue weighted by Crippen LogP contribution is 2.28. The lowest BCUT2D eigenvalue weighted by Crippen LogP contribution is -2.37. The fourth-order valence-corrected chi connectivity index (χ4v) is 2.62. The number of imide groups is 1. The van der Waals surface area contributed by atoms with Crippen LogP contribution in [0.15, 0.2) is 57.5 Å². The molecule has 128 valence electrons. The van der Waals surface area contributed by atoms with E-state index in [1.165, 1.54) is 19.1 Å². The number of benzene rings is 1. The van der Waals surface area contributed by atoms with Gasteiger partial charge in [0.05, 0.1) is 5.56 Å². The minimum atomic E-state index is -1.08. The Labute approximate surface area is 147 Å². The molecule has 0 saturated carbocycles. The van der Waals surface area contributed by atoms with Gasteiger partial charge in [0.25, 0.3) is 11.8 Å². The monoisotopic (exact) mass is 348 g/mol. The molecule has 7 nitrogen and oxygen atoms in total. The van der Waals surface area contributed by atoms with E-state index >= 15 is 0 Å². The van der Waals surface area contributed by atoms with Crippen molar-refractivity contribution in [3.8, 4) is 17.4 Å². The second-order valence-electron chi connectivity index (χ2n) is 5.51. The molecule has 7 heteroatoms. The molecule has 0 saturated heterocycles. The fraction of sp³-hybridized carbons (Fsp3) is 0.0526. The van der Waals surface area contributed by atoms with Gasteiger partial charge in [0.15, 0.2) is 0 Å². The molecule has 0 atom stereocenters. The number of furan rings is 1. The van der Waals surface area contributed by atoms with E-state index in [1.807, 2.05) is 0 Å². The lowest BCUT2D eigenvalue weighted by atomic mass is 9.96. The number of carboxylic acid groups (broad SMARTS) is 1. The zero-order valence-electron chi connectivity index (χ0n) is 13.6. The molecule has 1 aromatic carbocycles. The summed E-state index contributed by atoms with van der Waals surface area (Å²) < 4.78 is 5.65. The molecule has 0 radical (unpaired) electrons. The smallest absolute Gasteiger partial charge is 0.336 e. The van der Waals surface area contributed by atoms with Crippen molar-refractivity contribution < 1.29 is 23.9 Å². The van der Waals surface area contributed by atoms with E-state index in [4.69, 9.17) is 9.68 Å². The average molecular weight is 348 g/mol. The number of nitriles is 1. The van der Waals surface area contributed by atoms with Crippen LogP contribution in [0, 0.1) is 11.3 Å². The Morgan fingerprint density at radius 1 is 1.19 bits per heavy atom. The number of nitrogens with one attached hydrogen (secondary N) is 1. The largest absolute Gasteiger partial charge is 0.478 e. The zero-order valence-corrected chi connectivity index (χ0v) is 13.6. The van der Waals surface area contributed by atoms with Crippen molar-refractivity contribution in [3.05, 3.63) is 64.4 Å². The first-order valence-electron chi connectivity index (χ1n) is 7.53. The van der Waals surface area contributed by atoms with Crippen molar-refractivity contribution in [3.63, 3.8) is 0 Å². The molecule has 3 rings (SSSR count). The Kier molecular flexibility index (Phi) is 4.25. The van der Waals surface area contributed by atoms with Gasteiger partial charge in [0.1, 0.15) is 23.2 Å². The van der Waals surface area contributed by atoms with Crippen LogP contribution in [-0.2, 0) is 9.59 Å². The summed E-state index contributed by atoms with van der Waals surface area (Å²) in [5.41, 5.74) is 0.736. The second kappa shape index (κ2) is 6.53. The van der Waals surface area contributed by atoms with Crippen molar-refractivity contribution in [2.75, 3.05) is 0 Å². The van der Waals surface area contributed by atoms with Gasteiger partial charge in [-0.15, -0.1) is 0 Å². The molecule has 1 aromatic heterocycles. The minimum Gasteiger partial charge on any atom is -0.478 e. The van der Waals surface area contributed by atoms with E-state index in [2.05, 4.69) is 5.32 Å². The quantitative estimate of drug-likeness (QED) is 0.649. The third kappa shape index (κ3) is 2.91. The SMILES string of the molecule is CC1=C(C#N)C(=O)NC(=O)C1=Cc1ccc(-c2ccccc2C(=O)O)o1. The summed E-state index contributed by atoms with van der Waals surface area (Å²) >= 11 is 0. The first-order chi connectivity index (χ1) is 12.4. The van der Waals surface area contributed by atoms with Crippen LogP contribution in [0.4, 0.5) is 0 Å². The summed E-state index contributed by atoms with van der Waals surface area (Å²) in [7, 11) is 0. The van der Waals surface area contributed by atoms with Gasteiger partial charge in [0, 0.05) is 11.1 Å². The maximum Gasteiger partial charge on any atom is 0.336 e. The Balaban J connectivity index is 2.04. The van der Waals surface area contributed by atoms with E-state index in [0.29, 0.717) is 11.3 Å². The average Bonchev–Trinajstić information content (AvgIpc) is 3.07. The molecular weight excluding hydrogens is 336 g/mol. The normalized spacial score (nSPS) is 15.8. The molecule has 0 bridgehead atoms. The molecule has 0 fully saturated rings. The summed E-state index contributed by atoms with van der Waals surface area (Å²) in [6.07, 6.45) is 1.40. The lowest BCUT2D eigenvalue weighted by molar-refractivity contribution is -0.126. The standard InChI is InChI=1S/C19H12N2O5/c1-10-14(17(22)21-18(23)15(10)9-20)8-11-6-7-16(26-11)12-4-2-3-5-13(12)19(24)25/h2-8H,1H3,(H,24,25)(H,21,22,23). The number of nitrogens with zero attached hydrogens (tertiary/aromatic N) is 1. The highest BCUT2D eigenvalue weighted by molar-refractivity contribution is 6.19. The molecule has 2 heterocycles. The third-order valence-electron chi connectivity index (χ3n) is 3.93. The van der Waals surface area contributed by atoms with Crippen molar-refractivity contribution in [2.45, 2.75) is 6.92 Å². The molecule has 2 aromatic rings. The predicted molar refractivity (Wildman–Crippen MR) is 90.5 cm³/mol. The van der Waals surface area contributed by atoms with Crippen LogP contribution >= 0.6 is 0 Å². The molecule has 0 unspecified atom stereocenters. The van der Waals surface area contributed by atoms with Crippen LogP contribution in [0.2, 0.25) is 0 Å². The summed E-state index contributed by atoms with van der Waals surface area (Å²) in [5.74, 6) is -1.84. The Morgan fingerprint density at radius 3 is 2.62 bits per heavy atom. The number of carbonyl (C=O) groups excluding carboxylic acids is 2. The summed E-state index contributed by atoms with van der Waals surface area (Å²) in [5, 5.41) is 20.4. The first-order valence-corrected chi connectivity index (χ1v) is 7.53. The first kappa shape index (κ1) is 16.9. The highest BCUT2D eigenvalue weighted by atomic mass is 16.4. The summed E-state index contributed by atoms with van der Waals surface area (Å²) in [4.78, 5) is 35.0. The molecule has 1 aliphatic heterocycles. The molecule has 26 heavy (non-hydrogen) atoms. The van der Waals surface area contributed by atoms with Crippen LogP contribution in [0.25, 0.3) is 17.4 Å². The Bertz CT molecular complexity index is 1050. The predicted octanol–water partition coefficient (Wildman–Crippen LogP) is 2.52. The van der Waals surface area contributed by atoms with E-state index in [9.17, 15) is 19.5 Å². The molecule has 2 N–H and O–H groups in total. The van der Waals surface area contributed by atoms with Gasteiger partial charge in [0.2, 0.25) is 0 Å². The topological polar surface area (TPSA) is 120 Å². The number of carboxylic acids is 1. The van der Waals surface area contributed by atoms with Crippen LogP contribution in [0.1, 0.15) is 23.0 Å². The second-order valence-corrected chi connectivity index (χ2v) is 5.51. The molecule has 2 amide bonds. The fourth-order valence-electron chi connectivity index (χ4n) is 2.62. The number of amides is 2. The summed E-state index contributed by atoms with van der Waals surface area (Å²) in [6.45, 7) is 1.50. The maximum atomic E-state index is 12.0. The lowest BCUT2D eigenvalue weighted by Gasteiger charge is -2.15. The number of hydrogen-bond acceptors (Lipinski definition) is 5. The van der Waals surface area contributed by atoms with Crippen molar-refractivity contribution in [1.82, 2.24) is 5.32 Å². The van der Waals surface area contributed by atoms with Crippen LogP contribution < -0.4 is 5.32 Å². The Morgan fingerprint density at radius 2 is 1.92 bits per heavy atom. The minimum absolute atomic E-state index is 0.0879. The van der Waals surface area contributed by atoms with Gasteiger partial charge in [-0.05, 0) is 36.8 Å². The van der Waals surface area contributed by atoms with E-state index in [0.717, 1.165) is 0 Å². The maximum absolute atomic E-state index is 12.0. The number of rotatable bonds is 3. The van der Waals surface area contributed by atoms with Gasteiger partial charge < -0.3 is 9.52 Å². The van der Waals surface area contributed by atoms with Gasteiger partial charge in [-0.1, -0.05) is 18.2 Å². The van der Waals surface area contributed by atoms with Gasteiger partial charge >= 0.3 is 5.97 Å². The number of aromatic carboxylic acids is 1. The number of carbonyl (C=O) groups is 3. The highest BCUT2D eigenvalue weighted by Gasteiger charge is 2.27. The third-order valence-corrected chi connectivity index (χ3v) is 3.93. The van der Waals surface area contributed by atoms with Gasteiger partial charge in [-0.25, -0.2) is 4.79 Å². The summed E-state index contributed by atoms with van der Waals surface area (Å²) in [6, 6.07) is 11.3. The van der Waals surface area contributed by atoms with Crippen molar-refractivity contribution in [2.24, 2.45) is 0 Å². The van der Waals surface area contributed by atoms with E-state index in [1.54, 1.807) is 36.4 Å². The van der Waals surface area contributed by atoms with Crippen molar-refractivity contribution >= 4 is 23.9 Å². The van der Waals surface area contributed by atoms with Crippen LogP contribution in [0.3, 0.4) is 0 Å². The number of hydrogen-bond donors (Lipinski definition) is 2. The van der Waals surface area contributed by atoms with Crippen molar-refractivity contribution in [1.29, 1.82) is 5.26 Å². The van der Waals surface area contributed by atoms with Crippen LogP contribution in [-0.4, -0.2) is 22.9 Å². The Hall–Kier alpha value is -3.92. The molecule has 1 aliphatic rings. The zero-order chi connectivity index (χ0) is 18.8. The molecule has 0 spiro atoms. The van der Waals surface area contributed by atoms with Gasteiger partial charge in [-0.2, -0.15) is 5.26 Å². The van der Waals surface area contributed by atoms with Gasteiger partial charge in [-0.3, -0.25) is 14.9 Å². The van der Waals surface area contributed by atoms with E-state index in [-0.39, 0.29) is 28.0 Å². The van der Waals surface area contributed by atoms with E-state index < -0.39 is 17.8 Å². The van der Waals surface area contributed by atoms with Crippen LogP contribution in [0.5, 0.6) is 0 Å².